The van der Waals surface area contributed by atoms with Crippen LogP contribution in [0.1, 0.15) is 5.56 Å². The second-order valence-electron chi connectivity index (χ2n) is 3.30. The van der Waals surface area contributed by atoms with Crippen LogP contribution in [0.4, 0.5) is 0 Å². The zero-order valence-corrected chi connectivity index (χ0v) is 9.70. The van der Waals surface area contributed by atoms with E-state index in [4.69, 9.17) is 9.52 Å². The maximum absolute atomic E-state index is 8.79. The minimum Gasteiger partial charge on any atom is -0.464 e. The van der Waals surface area contributed by atoms with Gasteiger partial charge in [0.05, 0.1) is 6.26 Å². The predicted molar refractivity (Wildman–Crippen MR) is 62.6 cm³/mol. The third-order valence-electron chi connectivity index (χ3n) is 2.18. The van der Waals surface area contributed by atoms with Crippen LogP contribution in [0.5, 0.6) is 0 Å². The molecule has 1 aromatic carbocycles. The fourth-order valence-electron chi connectivity index (χ4n) is 1.40. The Labute approximate surface area is 96.7 Å². The van der Waals surface area contributed by atoms with Crippen molar-refractivity contribution in [2.75, 3.05) is 6.61 Å². The van der Waals surface area contributed by atoms with Crippen LogP contribution < -0.4 is 0 Å². The molecule has 78 valence electrons. The number of furan rings is 1. The van der Waals surface area contributed by atoms with E-state index in [2.05, 4.69) is 15.9 Å². The summed E-state index contributed by atoms with van der Waals surface area (Å²) in [6, 6.07) is 9.89. The number of hydrogen-bond acceptors (Lipinski definition) is 2. The number of hydrogen-bond donors (Lipinski definition) is 1. The van der Waals surface area contributed by atoms with E-state index in [0.29, 0.717) is 6.42 Å². The molecule has 0 amide bonds. The molecule has 1 N–H and O–H groups in total. The Bertz CT molecular complexity index is 431. The second-order valence-corrected chi connectivity index (χ2v) is 4.22. The highest BCUT2D eigenvalue weighted by Crippen LogP contribution is 2.23. The molecule has 2 rings (SSSR count). The molecule has 0 saturated carbocycles. The smallest absolute Gasteiger partial charge is 0.134 e. The molecule has 0 radical (unpaired) electrons. The summed E-state index contributed by atoms with van der Waals surface area (Å²) in [7, 11) is 0. The van der Waals surface area contributed by atoms with Gasteiger partial charge in [-0.1, -0.05) is 28.1 Å². The molecule has 1 heterocycles. The van der Waals surface area contributed by atoms with Crippen LogP contribution >= 0.6 is 15.9 Å². The quantitative estimate of drug-likeness (QED) is 0.926. The molecule has 0 saturated heterocycles. The van der Waals surface area contributed by atoms with Crippen LogP contribution in [0, 0.1) is 0 Å². The van der Waals surface area contributed by atoms with E-state index >= 15 is 0 Å². The Hall–Kier alpha value is -1.06. The Morgan fingerprint density at radius 3 is 2.60 bits per heavy atom. The van der Waals surface area contributed by atoms with Gasteiger partial charge < -0.3 is 9.52 Å². The lowest BCUT2D eigenvalue weighted by Gasteiger charge is -1.95. The van der Waals surface area contributed by atoms with E-state index in [9.17, 15) is 0 Å². The zero-order valence-electron chi connectivity index (χ0n) is 8.11. The Morgan fingerprint density at radius 1 is 1.20 bits per heavy atom. The summed E-state index contributed by atoms with van der Waals surface area (Å²) < 4.78 is 6.47. The highest BCUT2D eigenvalue weighted by Gasteiger charge is 2.03. The minimum atomic E-state index is 0.152. The molecule has 0 bridgehead atoms. The van der Waals surface area contributed by atoms with Gasteiger partial charge in [-0.05, 0) is 30.2 Å². The summed E-state index contributed by atoms with van der Waals surface area (Å²) in [4.78, 5) is 0. The van der Waals surface area contributed by atoms with Gasteiger partial charge in [0.25, 0.3) is 0 Å². The lowest BCUT2D eigenvalue weighted by molar-refractivity contribution is 0.299. The normalized spacial score (nSPS) is 10.5. The molecule has 2 nitrogen and oxygen atoms in total. The summed E-state index contributed by atoms with van der Waals surface area (Å²) in [5.41, 5.74) is 2.07. The van der Waals surface area contributed by atoms with Gasteiger partial charge in [0.2, 0.25) is 0 Å². The highest BCUT2D eigenvalue weighted by molar-refractivity contribution is 9.10. The first-order valence-corrected chi connectivity index (χ1v) is 5.53. The number of benzene rings is 1. The monoisotopic (exact) mass is 266 g/mol. The summed E-state index contributed by atoms with van der Waals surface area (Å²) in [5.74, 6) is 0.839. The van der Waals surface area contributed by atoms with E-state index in [1.165, 1.54) is 0 Å². The van der Waals surface area contributed by atoms with Crippen LogP contribution in [-0.4, -0.2) is 11.7 Å². The van der Waals surface area contributed by atoms with Crippen molar-refractivity contribution in [3.8, 4) is 11.3 Å². The van der Waals surface area contributed by atoms with Gasteiger partial charge in [-0.2, -0.15) is 0 Å². The van der Waals surface area contributed by atoms with Gasteiger partial charge in [-0.3, -0.25) is 0 Å². The predicted octanol–water partition coefficient (Wildman–Crippen LogP) is 3.24. The van der Waals surface area contributed by atoms with E-state index in [-0.39, 0.29) is 6.61 Å². The number of aliphatic hydroxyl groups is 1. The molecule has 15 heavy (non-hydrogen) atoms. The van der Waals surface area contributed by atoms with E-state index in [1.807, 2.05) is 30.3 Å². The van der Waals surface area contributed by atoms with Crippen molar-refractivity contribution < 1.29 is 9.52 Å². The molecule has 0 aliphatic heterocycles. The van der Waals surface area contributed by atoms with Gasteiger partial charge in [0.15, 0.2) is 0 Å². The number of aliphatic hydroxyl groups excluding tert-OH is 1. The third-order valence-corrected chi connectivity index (χ3v) is 2.71. The second kappa shape index (κ2) is 4.64. The SMILES string of the molecule is OCCc1coc(-c2ccc(Br)cc2)c1. The Morgan fingerprint density at radius 2 is 1.93 bits per heavy atom. The molecule has 3 heteroatoms. The average Bonchev–Trinajstić information content (AvgIpc) is 2.68. The first-order valence-electron chi connectivity index (χ1n) is 4.74. The van der Waals surface area contributed by atoms with Crippen LogP contribution in [0.15, 0.2) is 45.5 Å². The number of rotatable bonds is 3. The van der Waals surface area contributed by atoms with Crippen molar-refractivity contribution in [3.63, 3.8) is 0 Å². The molecule has 0 spiro atoms. The Kier molecular flexibility index (Phi) is 3.23. The first kappa shape index (κ1) is 10.5. The summed E-state index contributed by atoms with van der Waals surface area (Å²) in [6.07, 6.45) is 2.33. The topological polar surface area (TPSA) is 33.4 Å². The van der Waals surface area contributed by atoms with Crippen molar-refractivity contribution in [3.05, 3.63) is 46.6 Å². The highest BCUT2D eigenvalue weighted by atomic mass is 79.9. The molecule has 1 aromatic heterocycles. The van der Waals surface area contributed by atoms with Crippen molar-refractivity contribution in [2.45, 2.75) is 6.42 Å². The fraction of sp³-hybridized carbons (Fsp3) is 0.167. The van der Waals surface area contributed by atoms with Crippen molar-refractivity contribution in [1.29, 1.82) is 0 Å². The maximum atomic E-state index is 8.79. The zero-order chi connectivity index (χ0) is 10.7. The average molecular weight is 267 g/mol. The van der Waals surface area contributed by atoms with Crippen LogP contribution in [0.25, 0.3) is 11.3 Å². The van der Waals surface area contributed by atoms with E-state index < -0.39 is 0 Å². The van der Waals surface area contributed by atoms with Crippen LogP contribution in [0.2, 0.25) is 0 Å². The van der Waals surface area contributed by atoms with Gasteiger partial charge in [-0.25, -0.2) is 0 Å². The maximum Gasteiger partial charge on any atom is 0.134 e. The fourth-order valence-corrected chi connectivity index (χ4v) is 1.67. The minimum absolute atomic E-state index is 0.152. The van der Waals surface area contributed by atoms with Crippen LogP contribution in [0.3, 0.4) is 0 Å². The van der Waals surface area contributed by atoms with Crippen molar-refractivity contribution in [2.24, 2.45) is 0 Å². The van der Waals surface area contributed by atoms with Crippen molar-refractivity contribution >= 4 is 15.9 Å². The molecule has 0 aliphatic rings. The summed E-state index contributed by atoms with van der Waals surface area (Å²) in [5, 5.41) is 8.79. The standard InChI is InChI=1S/C12H11BrO2/c13-11-3-1-10(2-4-11)12-7-9(5-6-14)8-15-12/h1-4,7-8,14H,5-6H2. The molecule has 0 fully saturated rings. The first-order chi connectivity index (χ1) is 7.29. The molecule has 0 unspecified atom stereocenters. The van der Waals surface area contributed by atoms with Gasteiger partial charge in [0.1, 0.15) is 5.76 Å². The van der Waals surface area contributed by atoms with Crippen molar-refractivity contribution in [1.82, 2.24) is 0 Å². The van der Waals surface area contributed by atoms with Gasteiger partial charge in [0, 0.05) is 16.6 Å². The molecular weight excluding hydrogens is 256 g/mol. The third kappa shape index (κ3) is 2.49. The van der Waals surface area contributed by atoms with Gasteiger partial charge in [-0.15, -0.1) is 0 Å². The summed E-state index contributed by atoms with van der Waals surface area (Å²) >= 11 is 3.38. The van der Waals surface area contributed by atoms with Crippen LogP contribution in [-0.2, 0) is 6.42 Å². The molecule has 0 aliphatic carbocycles. The van der Waals surface area contributed by atoms with E-state index in [0.717, 1.165) is 21.4 Å². The Balaban J connectivity index is 2.25. The van der Waals surface area contributed by atoms with E-state index in [1.54, 1.807) is 6.26 Å². The lowest BCUT2D eigenvalue weighted by atomic mass is 10.1. The molecular formula is C12H11BrO2. The molecule has 0 atom stereocenters. The summed E-state index contributed by atoms with van der Waals surface area (Å²) in [6.45, 7) is 0.152. The van der Waals surface area contributed by atoms with Gasteiger partial charge >= 0.3 is 0 Å². The molecule has 2 aromatic rings. The largest absolute Gasteiger partial charge is 0.464 e. The lowest BCUT2D eigenvalue weighted by Crippen LogP contribution is -1.86. The number of halogens is 1.